The normalized spacial score (nSPS) is 16.2. The van der Waals surface area contributed by atoms with Gasteiger partial charge in [-0.2, -0.15) is 0 Å². The second-order valence-corrected chi connectivity index (χ2v) is 6.36. The molecule has 0 unspecified atom stereocenters. The Morgan fingerprint density at radius 3 is 1.95 bits per heavy atom. The van der Waals surface area contributed by atoms with Crippen molar-refractivity contribution in [2.24, 2.45) is 12.0 Å². The Hall–Kier alpha value is -2.09. The summed E-state index contributed by atoms with van der Waals surface area (Å²) in [6, 6.07) is 17.8. The maximum atomic E-state index is 5.20. The molecule has 4 rings (SSSR count). The summed E-state index contributed by atoms with van der Waals surface area (Å²) < 4.78 is 2.28. The fraction of sp³-hybridized carbons (Fsp3) is 0.350. The van der Waals surface area contributed by atoms with Crippen molar-refractivity contribution in [3.63, 3.8) is 0 Å². The van der Waals surface area contributed by atoms with Crippen molar-refractivity contribution in [1.29, 1.82) is 0 Å². The highest BCUT2D eigenvalue weighted by atomic mass is 14.9. The number of para-hydroxylation sites is 2. The quantitative estimate of drug-likeness (QED) is 0.584. The molecule has 2 heteroatoms. The van der Waals surface area contributed by atoms with Gasteiger partial charge in [-0.1, -0.05) is 55.7 Å². The molecule has 112 valence electrons. The van der Waals surface area contributed by atoms with Crippen LogP contribution < -0.4 is 5.36 Å². The first-order valence-electron chi connectivity index (χ1n) is 8.35. The summed E-state index contributed by atoms with van der Waals surface area (Å²) in [5.74, 6) is 0. The van der Waals surface area contributed by atoms with Gasteiger partial charge in [0.05, 0.1) is 22.4 Å². The number of hydrogen-bond acceptors (Lipinski definition) is 1. The van der Waals surface area contributed by atoms with Gasteiger partial charge < -0.3 is 4.57 Å². The fourth-order valence-electron chi connectivity index (χ4n) is 3.74. The maximum absolute atomic E-state index is 5.20. The van der Waals surface area contributed by atoms with Crippen LogP contribution in [0.2, 0.25) is 0 Å². The molecule has 3 aromatic rings. The van der Waals surface area contributed by atoms with Gasteiger partial charge in [0, 0.05) is 17.8 Å². The van der Waals surface area contributed by atoms with Crippen LogP contribution in [0.5, 0.6) is 0 Å². The highest BCUT2D eigenvalue weighted by molar-refractivity contribution is 5.93. The number of aryl methyl sites for hydroxylation is 1. The molecule has 0 radical (unpaired) electrons. The Balaban J connectivity index is 2.09. The van der Waals surface area contributed by atoms with Gasteiger partial charge in [-0.25, -0.2) is 0 Å². The zero-order valence-electron chi connectivity index (χ0n) is 13.1. The molecule has 0 spiro atoms. The smallest absolute Gasteiger partial charge is 0.0764 e. The molecule has 0 atom stereocenters. The van der Waals surface area contributed by atoms with Crippen LogP contribution in [0.25, 0.3) is 21.8 Å². The van der Waals surface area contributed by atoms with Crippen LogP contribution in [-0.2, 0) is 7.05 Å². The Labute approximate surface area is 131 Å². The third-order valence-corrected chi connectivity index (χ3v) is 4.93. The van der Waals surface area contributed by atoms with Crippen LogP contribution in [0.15, 0.2) is 53.5 Å². The van der Waals surface area contributed by atoms with E-state index in [9.17, 15) is 0 Å². The SMILES string of the molecule is Cn1c2ccccc2c(=NC2CCCCC2)c2ccccc21. The molecule has 22 heavy (non-hydrogen) atoms. The van der Waals surface area contributed by atoms with E-state index in [0.717, 1.165) is 0 Å². The first kappa shape index (κ1) is 13.6. The van der Waals surface area contributed by atoms with E-state index >= 15 is 0 Å². The molecule has 0 amide bonds. The van der Waals surface area contributed by atoms with Crippen LogP contribution in [0.3, 0.4) is 0 Å². The van der Waals surface area contributed by atoms with Gasteiger partial charge in [0.15, 0.2) is 0 Å². The predicted molar refractivity (Wildman–Crippen MR) is 92.9 cm³/mol. The number of aromatic nitrogens is 1. The molecule has 0 aliphatic heterocycles. The van der Waals surface area contributed by atoms with E-state index in [-0.39, 0.29) is 0 Å². The molecule has 0 N–H and O–H groups in total. The summed E-state index contributed by atoms with van der Waals surface area (Å²) in [6.07, 6.45) is 6.50. The lowest BCUT2D eigenvalue weighted by Crippen LogP contribution is -2.17. The summed E-state index contributed by atoms with van der Waals surface area (Å²) >= 11 is 0. The Morgan fingerprint density at radius 1 is 0.818 bits per heavy atom. The van der Waals surface area contributed by atoms with Crippen molar-refractivity contribution in [1.82, 2.24) is 4.57 Å². The van der Waals surface area contributed by atoms with Crippen LogP contribution in [0.1, 0.15) is 32.1 Å². The van der Waals surface area contributed by atoms with Crippen molar-refractivity contribution >= 4 is 21.8 Å². The van der Waals surface area contributed by atoms with Gasteiger partial charge >= 0.3 is 0 Å². The van der Waals surface area contributed by atoms with Gasteiger partial charge in [-0.15, -0.1) is 0 Å². The van der Waals surface area contributed by atoms with Crippen LogP contribution in [-0.4, -0.2) is 10.6 Å². The van der Waals surface area contributed by atoms with E-state index in [1.165, 1.54) is 59.3 Å². The van der Waals surface area contributed by atoms with E-state index in [1.54, 1.807) is 0 Å². The minimum atomic E-state index is 0.494. The summed E-state index contributed by atoms with van der Waals surface area (Å²) in [7, 11) is 2.15. The zero-order chi connectivity index (χ0) is 14.9. The van der Waals surface area contributed by atoms with Crippen LogP contribution >= 0.6 is 0 Å². The fourth-order valence-corrected chi connectivity index (χ4v) is 3.74. The number of fused-ring (bicyclic) bond motifs is 2. The number of nitrogens with zero attached hydrogens (tertiary/aromatic N) is 2. The summed E-state index contributed by atoms with van der Waals surface area (Å²) in [6.45, 7) is 0. The highest BCUT2D eigenvalue weighted by Gasteiger charge is 2.13. The molecule has 1 aliphatic carbocycles. The number of benzene rings is 2. The minimum absolute atomic E-state index is 0.494. The Kier molecular flexibility index (Phi) is 3.45. The molecule has 1 aliphatic rings. The van der Waals surface area contributed by atoms with Crippen molar-refractivity contribution in [3.8, 4) is 0 Å². The topological polar surface area (TPSA) is 17.3 Å². The lowest BCUT2D eigenvalue weighted by Gasteiger charge is -2.18. The standard InChI is InChI=1S/C20H22N2/c1-22-18-13-7-5-11-16(18)20(17-12-6-8-14-19(17)22)21-15-9-3-2-4-10-15/h5-8,11-15H,2-4,9-10H2,1H3. The second kappa shape index (κ2) is 5.60. The first-order valence-corrected chi connectivity index (χ1v) is 8.35. The van der Waals surface area contributed by atoms with E-state index < -0.39 is 0 Å². The minimum Gasteiger partial charge on any atom is -0.344 e. The van der Waals surface area contributed by atoms with Crippen molar-refractivity contribution in [3.05, 3.63) is 53.9 Å². The van der Waals surface area contributed by atoms with Gasteiger partial charge in [-0.3, -0.25) is 4.99 Å². The van der Waals surface area contributed by atoms with Gasteiger partial charge in [0.2, 0.25) is 0 Å². The van der Waals surface area contributed by atoms with E-state index in [4.69, 9.17) is 4.99 Å². The van der Waals surface area contributed by atoms with Crippen LogP contribution in [0, 0.1) is 0 Å². The molecule has 0 saturated heterocycles. The van der Waals surface area contributed by atoms with Crippen molar-refractivity contribution < 1.29 is 0 Å². The van der Waals surface area contributed by atoms with Gasteiger partial charge in [0.1, 0.15) is 0 Å². The molecule has 1 heterocycles. The molecule has 2 nitrogen and oxygen atoms in total. The number of rotatable bonds is 1. The summed E-state index contributed by atoms with van der Waals surface area (Å²) in [4.78, 5) is 5.20. The van der Waals surface area contributed by atoms with Gasteiger partial charge in [-0.05, 0) is 25.0 Å². The van der Waals surface area contributed by atoms with E-state index in [1.807, 2.05) is 0 Å². The molecular formula is C20H22N2. The molecular weight excluding hydrogens is 268 g/mol. The Morgan fingerprint density at radius 2 is 1.36 bits per heavy atom. The first-order chi connectivity index (χ1) is 10.8. The third kappa shape index (κ3) is 2.23. The average molecular weight is 290 g/mol. The third-order valence-electron chi connectivity index (χ3n) is 4.93. The largest absolute Gasteiger partial charge is 0.344 e. The van der Waals surface area contributed by atoms with Crippen LogP contribution in [0.4, 0.5) is 0 Å². The number of pyridine rings is 1. The van der Waals surface area contributed by atoms with Gasteiger partial charge in [0.25, 0.3) is 0 Å². The van der Waals surface area contributed by atoms with E-state index in [2.05, 4.69) is 60.1 Å². The lowest BCUT2D eigenvalue weighted by molar-refractivity contribution is 0.438. The molecule has 0 bridgehead atoms. The number of hydrogen-bond donors (Lipinski definition) is 0. The maximum Gasteiger partial charge on any atom is 0.0764 e. The zero-order valence-corrected chi connectivity index (χ0v) is 13.1. The van der Waals surface area contributed by atoms with E-state index in [0.29, 0.717) is 6.04 Å². The second-order valence-electron chi connectivity index (χ2n) is 6.36. The summed E-state index contributed by atoms with van der Waals surface area (Å²) in [5, 5.41) is 3.74. The van der Waals surface area contributed by atoms with Crippen molar-refractivity contribution in [2.45, 2.75) is 38.1 Å². The molecule has 1 saturated carbocycles. The molecule has 2 aromatic carbocycles. The Bertz CT molecular complexity index is 823. The predicted octanol–water partition coefficient (Wildman–Crippen LogP) is 4.56. The summed E-state index contributed by atoms with van der Waals surface area (Å²) in [5.41, 5.74) is 2.52. The average Bonchev–Trinajstić information content (AvgIpc) is 2.59. The molecule has 1 fully saturated rings. The monoisotopic (exact) mass is 290 g/mol. The highest BCUT2D eigenvalue weighted by Crippen LogP contribution is 2.22. The van der Waals surface area contributed by atoms with Crippen molar-refractivity contribution in [2.75, 3.05) is 0 Å². The lowest BCUT2D eigenvalue weighted by atomic mass is 9.96. The molecule has 1 aromatic heterocycles.